The van der Waals surface area contributed by atoms with Crippen molar-refractivity contribution >= 4 is 70.2 Å². The Morgan fingerprint density at radius 2 is 0.677 bits per heavy atom. The summed E-state index contributed by atoms with van der Waals surface area (Å²) in [6.45, 7) is 17.2. The van der Waals surface area contributed by atoms with E-state index in [0.717, 1.165) is 82.5 Å². The number of hydrogen-bond acceptors (Lipinski definition) is 25. The molecule has 0 saturated heterocycles. The summed E-state index contributed by atoms with van der Waals surface area (Å²) in [5.41, 5.74) is 1.15. The van der Waals surface area contributed by atoms with E-state index in [2.05, 4.69) is 5.32 Å². The first kappa shape index (κ1) is 99.4. The predicted molar refractivity (Wildman–Crippen MR) is 358 cm³/mol. The molecule has 0 saturated carbocycles. The van der Waals surface area contributed by atoms with Gasteiger partial charge in [0.1, 0.15) is 16.9 Å². The molecular weight excluding hydrogens is 1320 g/mol. The lowest BCUT2D eigenvalue weighted by atomic mass is 10.1. The number of amides is 1. The largest absolute Gasteiger partial charge is 0.507 e. The number of carbonyl (C=O) groups is 7. The van der Waals surface area contributed by atoms with Gasteiger partial charge >= 0.3 is 52.9 Å². The molecule has 0 bridgehead atoms. The van der Waals surface area contributed by atoms with Gasteiger partial charge in [0, 0.05) is 69.8 Å². The number of nitrogens with zero attached hydrogens (tertiary/aromatic N) is 5. The maximum Gasteiger partial charge on any atom is 0.340 e. The zero-order valence-electron chi connectivity index (χ0n) is 55.0. The van der Waals surface area contributed by atoms with E-state index < -0.39 is 117 Å². The van der Waals surface area contributed by atoms with Gasteiger partial charge in [0.2, 0.25) is 5.75 Å². The van der Waals surface area contributed by atoms with Crippen molar-refractivity contribution in [1.29, 1.82) is 0 Å². The van der Waals surface area contributed by atoms with Gasteiger partial charge in [0.25, 0.3) is 17.3 Å². The number of carbonyl (C=O) groups excluding carboxylic acids is 1. The molecule has 0 aliphatic carbocycles. The number of aliphatic hydroxyl groups is 3. The number of aliphatic hydroxyl groups excluding tert-OH is 3. The second-order valence-corrected chi connectivity index (χ2v) is 15.5. The first-order valence-corrected chi connectivity index (χ1v) is 27.7. The van der Waals surface area contributed by atoms with Crippen molar-refractivity contribution in [2.45, 2.75) is 55.4 Å². The molecule has 0 spiro atoms. The number of nitrogens with two attached hydrogens (primary N) is 1. The fraction of sp³-hybridized carbons (Fsp3) is 0.210. The summed E-state index contributed by atoms with van der Waals surface area (Å²) < 4.78 is 0. The topological polar surface area (TPSA) is 636 Å². The molecule has 542 valence electrons. The third kappa shape index (κ3) is 42.7. The number of nitrogens with one attached hydrogen (secondary N) is 1. The van der Waals surface area contributed by atoms with Gasteiger partial charge in [0.15, 0.2) is 11.5 Å². The minimum absolute atomic E-state index is 0.00639. The highest BCUT2D eigenvalue weighted by Gasteiger charge is 2.27. The molecule has 0 radical (unpaired) electrons. The normalized spacial score (nSPS) is 8.52. The molecule has 37 heteroatoms. The van der Waals surface area contributed by atoms with Gasteiger partial charge in [-0.2, -0.15) is 0 Å². The molecule has 0 aliphatic rings. The van der Waals surface area contributed by atoms with Crippen LogP contribution in [0.5, 0.6) is 23.0 Å². The van der Waals surface area contributed by atoms with Gasteiger partial charge in [-0.3, -0.25) is 55.4 Å². The second-order valence-electron chi connectivity index (χ2n) is 15.5. The molecule has 99 heavy (non-hydrogen) atoms. The van der Waals surface area contributed by atoms with Gasteiger partial charge < -0.3 is 77.4 Å². The summed E-state index contributed by atoms with van der Waals surface area (Å²) in [5, 5.41) is 162. The zero-order valence-corrected chi connectivity index (χ0v) is 55.0. The number of nitro benzene ring substituents is 5. The highest BCUT2D eigenvalue weighted by molar-refractivity contribution is 5.95. The standard InChI is InChI=1S/C9H11NO.C7H4N2O7.3C7H5NO5.2C7H6O2.C2H7N.3C2H6.3CH4O/c1-2-10-9(11)8-6-4-3-5-7-8;10-6-4(7(11)12)1-3(8(13)14)2-5(6)9(15)16;9-6-2-1-4(8(12)13)3-5(6)7(10)11;9-6-2-1-4(7(10)11)3-5(6)8(12)13;9-6-3-4(7(10)11)1-2-5(6)8(12)13;2*8-7(9)6-4-2-1-3-5-6;1-2-3;6*1-2/h3-7H,2H2,1H3,(H,10,11);1-2,10H,(H,11,12);3*1-3,9H,(H,10,11);2*1-5H,(H,8,9);2-3H2,1H3;3*1-2H3;3*2H,1H3. The molecule has 37 nitrogen and oxygen atoms in total. The SMILES string of the molecule is CC.CC.CC.CCN.CCNC(=O)c1ccccc1.CO.CO.CO.O=C(O)c1cc([N+](=O)[O-])cc([N+](=O)[O-])c1O.O=C(O)c1cc([N+](=O)[O-])ccc1O.O=C(O)c1ccc(O)c([N+](=O)[O-])c1.O=C(O)c1ccc([N+](=O)[O-])c(O)c1.O=C(O)c1ccccc1.O=C(O)c1ccccc1. The molecular formula is C62H79N7O30. The molecule has 7 rings (SSSR count). The third-order valence-electron chi connectivity index (χ3n) is 9.39. The van der Waals surface area contributed by atoms with Crippen LogP contribution in [0.3, 0.4) is 0 Å². The van der Waals surface area contributed by atoms with Crippen LogP contribution >= 0.6 is 0 Å². The predicted octanol–water partition coefficient (Wildman–Crippen LogP) is 9.98. The third-order valence-corrected chi connectivity index (χ3v) is 9.39. The Balaban J connectivity index is -0.000000194. The van der Waals surface area contributed by atoms with E-state index in [1.165, 1.54) is 0 Å². The summed E-state index contributed by atoms with van der Waals surface area (Å²) >= 11 is 0. The van der Waals surface area contributed by atoms with Crippen molar-refractivity contribution < 1.29 is 125 Å². The van der Waals surface area contributed by atoms with Gasteiger partial charge in [-0.15, -0.1) is 0 Å². The number of rotatable bonds is 13. The number of carboxylic acid groups (broad SMARTS) is 6. The Morgan fingerprint density at radius 1 is 0.354 bits per heavy atom. The van der Waals surface area contributed by atoms with Gasteiger partial charge in [-0.1, -0.05) is 103 Å². The quantitative estimate of drug-likeness (QED) is 0.0377. The van der Waals surface area contributed by atoms with E-state index in [1.54, 1.807) is 72.8 Å². The zero-order chi connectivity index (χ0) is 78.7. The number of phenolic OH excluding ortho intramolecular Hbond substituents is 2. The van der Waals surface area contributed by atoms with Crippen molar-refractivity contribution in [3.05, 3.63) is 247 Å². The molecule has 1 amide bonds. The van der Waals surface area contributed by atoms with Crippen molar-refractivity contribution in [3.63, 3.8) is 0 Å². The maximum atomic E-state index is 11.1. The highest BCUT2D eigenvalue weighted by atomic mass is 16.6. The lowest BCUT2D eigenvalue weighted by molar-refractivity contribution is -0.394. The lowest BCUT2D eigenvalue weighted by Gasteiger charge is -2.00. The van der Waals surface area contributed by atoms with Crippen molar-refractivity contribution in [2.24, 2.45) is 5.73 Å². The van der Waals surface area contributed by atoms with Crippen LogP contribution in [-0.4, -0.2) is 167 Å². The Hall–Kier alpha value is -13.1. The van der Waals surface area contributed by atoms with E-state index in [9.17, 15) is 89.2 Å². The van der Waals surface area contributed by atoms with Crippen LogP contribution in [0, 0.1) is 50.6 Å². The maximum absolute atomic E-state index is 11.1. The number of benzene rings is 7. The fourth-order valence-electron chi connectivity index (χ4n) is 5.45. The Bertz CT molecular complexity index is 3420. The van der Waals surface area contributed by atoms with E-state index in [0.29, 0.717) is 35.4 Å². The van der Waals surface area contributed by atoms with Crippen LogP contribution in [0.4, 0.5) is 28.4 Å². The first-order valence-electron chi connectivity index (χ1n) is 27.7. The van der Waals surface area contributed by atoms with Gasteiger partial charge in [0.05, 0.1) is 52.9 Å². The fourth-order valence-corrected chi connectivity index (χ4v) is 5.45. The van der Waals surface area contributed by atoms with Gasteiger partial charge in [-0.05, 0) is 74.1 Å². The molecule has 16 N–H and O–H groups in total. The molecule has 7 aromatic carbocycles. The minimum Gasteiger partial charge on any atom is -0.507 e. The summed E-state index contributed by atoms with van der Waals surface area (Å²) in [6.07, 6.45) is 0. The Labute approximate surface area is 564 Å². The highest BCUT2D eigenvalue weighted by Crippen LogP contribution is 2.34. The molecule has 0 atom stereocenters. The van der Waals surface area contributed by atoms with Crippen molar-refractivity contribution in [3.8, 4) is 23.0 Å². The Kier molecular flexibility index (Phi) is 60.1. The van der Waals surface area contributed by atoms with Crippen molar-refractivity contribution in [1.82, 2.24) is 5.32 Å². The number of hydrogen-bond donors (Lipinski definition) is 15. The van der Waals surface area contributed by atoms with Crippen LogP contribution in [0.1, 0.15) is 128 Å². The monoisotopic (exact) mass is 1400 g/mol. The number of nitro groups is 5. The van der Waals surface area contributed by atoms with E-state index >= 15 is 0 Å². The summed E-state index contributed by atoms with van der Waals surface area (Å²) in [5.74, 6) is -10.2. The number of aromatic hydroxyl groups is 4. The molecule has 0 aromatic heterocycles. The minimum atomic E-state index is -1.69. The number of non-ortho nitro benzene ring substituents is 2. The molecule has 0 heterocycles. The van der Waals surface area contributed by atoms with Crippen molar-refractivity contribution in [2.75, 3.05) is 34.4 Å². The average Bonchev–Trinajstić information content (AvgIpc) is 0.822. The van der Waals surface area contributed by atoms with Crippen LogP contribution in [0.25, 0.3) is 0 Å². The second kappa shape index (κ2) is 59.9. The summed E-state index contributed by atoms with van der Waals surface area (Å²) in [7, 11) is 3.00. The molecule has 0 aliphatic heterocycles. The number of carboxylic acids is 6. The van der Waals surface area contributed by atoms with Crippen LogP contribution in [0.2, 0.25) is 0 Å². The van der Waals surface area contributed by atoms with E-state index in [1.807, 2.05) is 73.6 Å². The van der Waals surface area contributed by atoms with E-state index in [-0.39, 0.29) is 22.7 Å². The summed E-state index contributed by atoms with van der Waals surface area (Å²) in [4.78, 5) is 120. The number of aromatic carboxylic acids is 6. The molecule has 0 fully saturated rings. The molecule has 7 aromatic rings. The van der Waals surface area contributed by atoms with Crippen LogP contribution in [-0.2, 0) is 0 Å². The van der Waals surface area contributed by atoms with E-state index in [4.69, 9.17) is 67.0 Å². The number of phenols is 4. The molecule has 0 unspecified atom stereocenters. The first-order chi connectivity index (χ1) is 46.8. The Morgan fingerprint density at radius 3 is 0.980 bits per heavy atom. The summed E-state index contributed by atoms with van der Waals surface area (Å²) in [6, 6.07) is 35.3. The average molecular weight is 1400 g/mol. The van der Waals surface area contributed by atoms with Gasteiger partial charge in [-0.25, -0.2) is 28.8 Å². The lowest BCUT2D eigenvalue weighted by Crippen LogP contribution is -2.22. The van der Waals surface area contributed by atoms with Crippen LogP contribution in [0.15, 0.2) is 158 Å². The smallest absolute Gasteiger partial charge is 0.340 e. The van der Waals surface area contributed by atoms with Crippen LogP contribution < -0.4 is 11.1 Å².